The highest BCUT2D eigenvalue weighted by Crippen LogP contribution is 2.46. The fourth-order valence-corrected chi connectivity index (χ4v) is 5.53. The number of hydrogen-bond acceptors (Lipinski definition) is 9. The predicted octanol–water partition coefficient (Wildman–Crippen LogP) is 1.98. The van der Waals surface area contributed by atoms with Crippen LogP contribution in [0.4, 0.5) is 4.39 Å². The molecule has 1 aromatic heterocycles. The zero-order chi connectivity index (χ0) is 25.8. The van der Waals surface area contributed by atoms with Crippen LogP contribution in [-0.2, 0) is 18.6 Å². The van der Waals surface area contributed by atoms with Crippen LogP contribution < -0.4 is 20.9 Å². The number of nitrogens with zero attached hydrogens (tertiary/aromatic N) is 1. The van der Waals surface area contributed by atoms with Crippen molar-refractivity contribution in [1.29, 1.82) is 0 Å². The van der Waals surface area contributed by atoms with E-state index in [2.05, 4.69) is 5.09 Å². The summed E-state index contributed by atoms with van der Waals surface area (Å²) in [4.78, 5) is 37.7. The molecule has 11 nitrogen and oxygen atoms in total. The molecular formula is C21H27FN3O8PS. The van der Waals surface area contributed by atoms with E-state index in [9.17, 15) is 28.4 Å². The van der Waals surface area contributed by atoms with Crippen molar-refractivity contribution in [3.8, 4) is 5.75 Å². The number of aliphatic hydroxyl groups is 1. The molecule has 1 aliphatic heterocycles. The number of aromatic nitrogens is 2. The molecule has 0 amide bonds. The third-order valence-corrected chi connectivity index (χ3v) is 7.55. The number of hydrogen-bond donors (Lipinski definition) is 3. The van der Waals surface area contributed by atoms with Crippen molar-refractivity contribution in [3.63, 3.8) is 0 Å². The Labute approximate surface area is 204 Å². The standard InChI is InChI=1S/C21H27FN3O8PS/c1-12(2)35-20(28)13(3)24-34(30,33-14-7-5-4-6-8-14)31-11-15-18(27)17(22)19(32-15)25-10-9-16(26)23-21(25)29/h4-10,12-13,15,17-19,27H,11H2,1-3H3,(H,24,30)(H,23,26,29)/t13-,15+,17+,18+,19+,34-/m0/s1. The van der Waals surface area contributed by atoms with Gasteiger partial charge in [0.25, 0.3) is 5.56 Å². The van der Waals surface area contributed by atoms with Gasteiger partial charge in [-0.05, 0) is 19.1 Å². The van der Waals surface area contributed by atoms with Gasteiger partial charge in [-0.1, -0.05) is 43.8 Å². The van der Waals surface area contributed by atoms with Crippen LogP contribution in [-0.4, -0.2) is 56.1 Å². The lowest BCUT2D eigenvalue weighted by Crippen LogP contribution is -2.36. The molecule has 1 aromatic carbocycles. The third-order valence-electron chi connectivity index (χ3n) is 4.85. The first kappa shape index (κ1) is 27.3. The Kier molecular flexibility index (Phi) is 9.08. The van der Waals surface area contributed by atoms with Crippen molar-refractivity contribution in [3.05, 3.63) is 63.4 Å². The lowest BCUT2D eigenvalue weighted by molar-refractivity contribution is -0.112. The van der Waals surface area contributed by atoms with E-state index in [1.807, 2.05) is 18.8 Å². The number of H-pyrrole nitrogens is 1. The number of ether oxygens (including phenoxy) is 1. The molecule has 3 rings (SSSR count). The fourth-order valence-electron chi connectivity index (χ4n) is 3.20. The van der Waals surface area contributed by atoms with E-state index in [0.717, 1.165) is 28.6 Å². The van der Waals surface area contributed by atoms with Crippen LogP contribution in [0.1, 0.15) is 27.0 Å². The zero-order valence-electron chi connectivity index (χ0n) is 19.2. The number of carbonyl (C=O) groups excluding carboxylic acids is 1. The van der Waals surface area contributed by atoms with Crippen LogP contribution in [0, 0.1) is 0 Å². The summed E-state index contributed by atoms with van der Waals surface area (Å²) in [7, 11) is -4.21. The second kappa shape index (κ2) is 11.6. The van der Waals surface area contributed by atoms with Gasteiger partial charge in [0.1, 0.15) is 18.0 Å². The number of para-hydroxylation sites is 1. The minimum absolute atomic E-state index is 0.00103. The average molecular weight is 531 g/mol. The van der Waals surface area contributed by atoms with Crippen LogP contribution >= 0.6 is 19.5 Å². The topological polar surface area (TPSA) is 149 Å². The Morgan fingerprint density at radius 1 is 1.29 bits per heavy atom. The summed E-state index contributed by atoms with van der Waals surface area (Å²) < 4.78 is 45.5. The Balaban J connectivity index is 1.75. The lowest BCUT2D eigenvalue weighted by Gasteiger charge is -2.24. The van der Waals surface area contributed by atoms with Gasteiger partial charge >= 0.3 is 13.4 Å². The number of alkyl halides is 1. The zero-order valence-corrected chi connectivity index (χ0v) is 20.9. The number of halogens is 1. The molecule has 0 aliphatic carbocycles. The van der Waals surface area contributed by atoms with Gasteiger partial charge in [-0.3, -0.25) is 23.7 Å². The van der Waals surface area contributed by atoms with Gasteiger partial charge in [0.2, 0.25) is 5.12 Å². The Bertz CT molecular complexity index is 1180. The smallest absolute Gasteiger partial charge is 0.413 e. The van der Waals surface area contributed by atoms with Crippen molar-refractivity contribution in [2.75, 3.05) is 6.61 Å². The maximum Gasteiger partial charge on any atom is 0.459 e. The summed E-state index contributed by atoms with van der Waals surface area (Å²) >= 11 is 1.05. The molecule has 0 spiro atoms. The number of aliphatic hydroxyl groups excluding tert-OH is 1. The number of carbonyl (C=O) groups is 1. The first-order valence-corrected chi connectivity index (χ1v) is 13.2. The lowest BCUT2D eigenvalue weighted by atomic mass is 10.1. The molecule has 0 unspecified atom stereocenters. The molecular weight excluding hydrogens is 504 g/mol. The predicted molar refractivity (Wildman–Crippen MR) is 127 cm³/mol. The van der Waals surface area contributed by atoms with Crippen molar-refractivity contribution in [2.24, 2.45) is 0 Å². The highest BCUT2D eigenvalue weighted by Gasteiger charge is 2.47. The van der Waals surface area contributed by atoms with E-state index in [4.69, 9.17) is 13.8 Å². The van der Waals surface area contributed by atoms with Gasteiger partial charge in [-0.15, -0.1) is 0 Å². The van der Waals surface area contributed by atoms with E-state index in [0.29, 0.717) is 0 Å². The summed E-state index contributed by atoms with van der Waals surface area (Å²) in [6.07, 6.45) is -5.62. The van der Waals surface area contributed by atoms with E-state index in [-0.39, 0.29) is 16.1 Å². The van der Waals surface area contributed by atoms with Crippen molar-refractivity contribution < 1.29 is 32.6 Å². The molecule has 1 aliphatic rings. The van der Waals surface area contributed by atoms with Gasteiger partial charge in [0.05, 0.1) is 12.6 Å². The van der Waals surface area contributed by atoms with Crippen LogP contribution in [0.15, 0.2) is 52.2 Å². The van der Waals surface area contributed by atoms with Gasteiger partial charge in [-0.25, -0.2) is 18.8 Å². The number of benzene rings is 1. The fraction of sp³-hybridized carbons (Fsp3) is 0.476. The summed E-state index contributed by atoms with van der Waals surface area (Å²) in [5, 5.41) is 12.6. The summed E-state index contributed by atoms with van der Waals surface area (Å²) in [5.74, 6) is 0.188. The highest BCUT2D eigenvalue weighted by molar-refractivity contribution is 8.14. The minimum Gasteiger partial charge on any atom is -0.413 e. The van der Waals surface area contributed by atoms with Crippen LogP contribution in [0.5, 0.6) is 5.75 Å². The summed E-state index contributed by atoms with van der Waals surface area (Å²) in [6, 6.07) is 8.16. The molecule has 14 heteroatoms. The second-order valence-corrected chi connectivity index (χ2v) is 11.3. The third kappa shape index (κ3) is 7.12. The number of rotatable bonds is 10. The van der Waals surface area contributed by atoms with Gasteiger partial charge in [0, 0.05) is 17.5 Å². The van der Waals surface area contributed by atoms with Gasteiger partial charge < -0.3 is 14.4 Å². The molecule has 1 fully saturated rings. The van der Waals surface area contributed by atoms with Crippen molar-refractivity contribution in [2.45, 2.75) is 56.7 Å². The molecule has 3 N–H and O–H groups in total. The van der Waals surface area contributed by atoms with E-state index < -0.39 is 56.3 Å². The number of nitrogens with one attached hydrogen (secondary N) is 2. The van der Waals surface area contributed by atoms with Gasteiger partial charge in [-0.2, -0.15) is 0 Å². The Morgan fingerprint density at radius 2 is 1.97 bits per heavy atom. The number of aromatic amines is 1. The largest absolute Gasteiger partial charge is 0.459 e. The molecule has 0 saturated carbocycles. The van der Waals surface area contributed by atoms with Crippen molar-refractivity contribution in [1.82, 2.24) is 14.6 Å². The molecule has 2 aromatic rings. The maximum absolute atomic E-state index is 14.8. The van der Waals surface area contributed by atoms with Crippen LogP contribution in [0.3, 0.4) is 0 Å². The monoisotopic (exact) mass is 531 g/mol. The number of thioether (sulfide) groups is 1. The normalized spacial score (nSPS) is 24.7. The Morgan fingerprint density at radius 3 is 2.60 bits per heavy atom. The Hall–Kier alpha value is -2.28. The molecule has 2 heterocycles. The SMILES string of the molecule is CC(C)SC(=O)[C@H](C)N[P@](=O)(OC[C@H]1O[C@@H](n2ccc(=O)[nH]c2=O)[C@H](F)[C@@H]1O)Oc1ccccc1. The van der Waals surface area contributed by atoms with Crippen LogP contribution in [0.25, 0.3) is 0 Å². The average Bonchev–Trinajstić information content (AvgIpc) is 3.06. The summed E-state index contributed by atoms with van der Waals surface area (Å²) in [5.41, 5.74) is -1.60. The molecule has 35 heavy (non-hydrogen) atoms. The first-order valence-electron chi connectivity index (χ1n) is 10.8. The minimum atomic E-state index is -4.21. The molecule has 0 radical (unpaired) electrons. The van der Waals surface area contributed by atoms with E-state index in [1.165, 1.54) is 19.1 Å². The van der Waals surface area contributed by atoms with E-state index in [1.54, 1.807) is 18.2 Å². The van der Waals surface area contributed by atoms with E-state index >= 15 is 0 Å². The molecule has 0 bridgehead atoms. The highest BCUT2D eigenvalue weighted by atomic mass is 32.2. The quantitative estimate of drug-likeness (QED) is 0.389. The first-order chi connectivity index (χ1) is 16.5. The van der Waals surface area contributed by atoms with Crippen molar-refractivity contribution >= 4 is 24.6 Å². The molecule has 192 valence electrons. The second-order valence-electron chi connectivity index (χ2n) is 8.05. The molecule has 6 atom stereocenters. The maximum atomic E-state index is 14.8. The summed E-state index contributed by atoms with van der Waals surface area (Å²) in [6.45, 7) is 4.58. The van der Waals surface area contributed by atoms with Gasteiger partial charge in [0.15, 0.2) is 12.4 Å². The van der Waals surface area contributed by atoms with Crippen LogP contribution in [0.2, 0.25) is 0 Å². The molecule has 1 saturated heterocycles.